The van der Waals surface area contributed by atoms with E-state index in [2.05, 4.69) is 10.4 Å². The van der Waals surface area contributed by atoms with Gasteiger partial charge in [-0.05, 0) is 25.0 Å². The molecule has 2 N–H and O–H groups in total. The molecular formula is C18H20BN3O4. The molecule has 2 aliphatic heterocycles. The topological polar surface area (TPSA) is 93.5 Å². The zero-order chi connectivity index (χ0) is 18.3. The molecule has 0 spiro atoms. The molecule has 0 bridgehead atoms. The van der Waals surface area contributed by atoms with Crippen LogP contribution in [0.5, 0.6) is 5.75 Å². The number of fused-ring (bicyclic) bond motifs is 2. The Morgan fingerprint density at radius 3 is 3.00 bits per heavy atom. The fourth-order valence-electron chi connectivity index (χ4n) is 3.67. The van der Waals surface area contributed by atoms with Crippen molar-refractivity contribution in [2.24, 2.45) is 0 Å². The molecule has 0 aliphatic carbocycles. The summed E-state index contributed by atoms with van der Waals surface area (Å²) in [5, 5.41) is 17.9. The number of rotatable bonds is 5. The number of ketones is 2. The monoisotopic (exact) mass is 353 g/mol. The highest BCUT2D eigenvalue weighted by Crippen LogP contribution is 2.36. The van der Waals surface area contributed by atoms with Gasteiger partial charge in [0.1, 0.15) is 5.75 Å². The molecule has 1 atom stereocenters. The van der Waals surface area contributed by atoms with Crippen molar-refractivity contribution in [1.82, 2.24) is 15.1 Å². The summed E-state index contributed by atoms with van der Waals surface area (Å²) in [6.07, 6.45) is 2.60. The highest BCUT2D eigenvalue weighted by Gasteiger charge is 2.37. The van der Waals surface area contributed by atoms with Crippen molar-refractivity contribution >= 4 is 18.7 Å². The highest BCUT2D eigenvalue weighted by atomic mass is 16.5. The Morgan fingerprint density at radius 1 is 1.38 bits per heavy atom. The summed E-state index contributed by atoms with van der Waals surface area (Å²) in [4.78, 5) is 24.2. The molecule has 0 unspecified atom stereocenters. The van der Waals surface area contributed by atoms with Crippen LogP contribution in [-0.4, -0.2) is 33.5 Å². The van der Waals surface area contributed by atoms with Gasteiger partial charge in [0.25, 0.3) is 0 Å². The summed E-state index contributed by atoms with van der Waals surface area (Å²) >= 11 is 0. The number of nitrogens with zero attached hydrogens (tertiary/aromatic N) is 2. The van der Waals surface area contributed by atoms with Gasteiger partial charge in [-0.15, -0.1) is 0 Å². The van der Waals surface area contributed by atoms with Crippen molar-refractivity contribution in [2.75, 3.05) is 0 Å². The van der Waals surface area contributed by atoms with E-state index in [0.29, 0.717) is 17.7 Å². The number of hydrogen-bond donors (Lipinski definition) is 2. The first-order valence-electron chi connectivity index (χ1n) is 8.76. The maximum absolute atomic E-state index is 12.4. The second-order valence-electron chi connectivity index (χ2n) is 6.97. The first-order chi connectivity index (χ1) is 12.5. The summed E-state index contributed by atoms with van der Waals surface area (Å²) in [6.45, 7) is 3.18. The molecule has 7 nitrogen and oxygen atoms in total. The fourth-order valence-corrected chi connectivity index (χ4v) is 3.67. The molecule has 2 aliphatic rings. The normalized spacial score (nSPS) is 18.2. The number of carbonyl (C=O) groups is 2. The van der Waals surface area contributed by atoms with Crippen molar-refractivity contribution in [1.29, 1.82) is 0 Å². The van der Waals surface area contributed by atoms with Gasteiger partial charge in [0.05, 0.1) is 17.8 Å². The van der Waals surface area contributed by atoms with Crippen LogP contribution < -0.4 is 9.97 Å². The van der Waals surface area contributed by atoms with E-state index in [-0.39, 0.29) is 30.3 Å². The number of hydrogen-bond acceptors (Lipinski definition) is 6. The Kier molecular flexibility index (Phi) is 4.38. The second-order valence-corrected chi connectivity index (χ2v) is 6.97. The summed E-state index contributed by atoms with van der Waals surface area (Å²) in [5.41, 5.74) is 3.44. The minimum Gasteiger partial charge on any atom is -0.535 e. The largest absolute Gasteiger partial charge is 0.535 e. The van der Waals surface area contributed by atoms with Gasteiger partial charge in [-0.1, -0.05) is 12.1 Å². The quantitative estimate of drug-likeness (QED) is 0.618. The van der Waals surface area contributed by atoms with E-state index >= 15 is 0 Å². The molecule has 8 heteroatoms. The first kappa shape index (κ1) is 17.0. The molecular weight excluding hydrogens is 333 g/mol. The average molecular weight is 353 g/mol. The lowest BCUT2D eigenvalue weighted by Gasteiger charge is -2.28. The van der Waals surface area contributed by atoms with Crippen LogP contribution in [-0.2, 0) is 30.8 Å². The van der Waals surface area contributed by atoms with Gasteiger partial charge in [-0.2, -0.15) is 5.10 Å². The van der Waals surface area contributed by atoms with Crippen LogP contribution in [0, 0.1) is 0 Å². The number of carbonyl (C=O) groups excluding carboxylic acids is 2. The molecule has 0 radical (unpaired) electrons. The molecule has 0 saturated carbocycles. The standard InChI is InChI=1S/C18H20BN3O4/c1-11(23)16-4-2-3-12-5-14(19(25)26-18(12)16)6-15(24)10-22-9-13-7-20-8-17(13)21-22/h2-4,9,14,20,25H,5-8,10H2,1H3/t14-/m1/s1. The Hall–Kier alpha value is -2.45. The fraction of sp³-hybridized carbons (Fsp3) is 0.389. The molecule has 0 fully saturated rings. The van der Waals surface area contributed by atoms with Crippen molar-refractivity contribution in [3.8, 4) is 5.75 Å². The number of para-hydroxylation sites is 1. The van der Waals surface area contributed by atoms with E-state index in [0.717, 1.165) is 29.9 Å². The Bertz CT molecular complexity index is 858. The molecule has 3 heterocycles. The first-order valence-corrected chi connectivity index (χ1v) is 8.76. The van der Waals surface area contributed by atoms with Crippen LogP contribution >= 0.6 is 0 Å². The van der Waals surface area contributed by atoms with Crippen LogP contribution in [0.15, 0.2) is 24.4 Å². The van der Waals surface area contributed by atoms with Crippen LogP contribution in [0.25, 0.3) is 0 Å². The zero-order valence-corrected chi connectivity index (χ0v) is 14.6. The maximum atomic E-state index is 12.4. The van der Waals surface area contributed by atoms with Gasteiger partial charge in [0.2, 0.25) is 0 Å². The molecule has 26 heavy (non-hydrogen) atoms. The number of Topliss-reactive ketones (excluding diaryl/α,β-unsaturated/α-hetero) is 2. The van der Waals surface area contributed by atoms with E-state index in [9.17, 15) is 14.6 Å². The van der Waals surface area contributed by atoms with Crippen molar-refractivity contribution in [2.45, 2.75) is 45.2 Å². The predicted molar refractivity (Wildman–Crippen MR) is 94.9 cm³/mol. The van der Waals surface area contributed by atoms with Gasteiger partial charge >= 0.3 is 7.12 Å². The molecule has 2 aromatic rings. The molecule has 0 amide bonds. The number of nitrogens with one attached hydrogen (secondary N) is 1. The van der Waals surface area contributed by atoms with Crippen molar-refractivity contribution in [3.05, 3.63) is 46.8 Å². The lowest BCUT2D eigenvalue weighted by atomic mass is 9.64. The minimum absolute atomic E-state index is 0.00189. The second kappa shape index (κ2) is 6.70. The van der Waals surface area contributed by atoms with E-state index in [4.69, 9.17) is 4.65 Å². The Morgan fingerprint density at radius 2 is 2.23 bits per heavy atom. The maximum Gasteiger partial charge on any atom is 0.526 e. The summed E-state index contributed by atoms with van der Waals surface area (Å²) in [7, 11) is -1.10. The summed E-state index contributed by atoms with van der Waals surface area (Å²) in [6, 6.07) is 5.36. The Balaban J connectivity index is 1.44. The van der Waals surface area contributed by atoms with Gasteiger partial charge < -0.3 is 15.0 Å². The van der Waals surface area contributed by atoms with Gasteiger partial charge in [0, 0.05) is 37.1 Å². The van der Waals surface area contributed by atoms with E-state index in [1.807, 2.05) is 12.3 Å². The lowest BCUT2D eigenvalue weighted by molar-refractivity contribution is -0.120. The van der Waals surface area contributed by atoms with Gasteiger partial charge in [0.15, 0.2) is 11.6 Å². The molecule has 4 rings (SSSR count). The molecule has 0 saturated heterocycles. The predicted octanol–water partition coefficient (Wildman–Crippen LogP) is 1.13. The van der Waals surface area contributed by atoms with E-state index in [1.165, 1.54) is 6.92 Å². The smallest absolute Gasteiger partial charge is 0.526 e. The highest BCUT2D eigenvalue weighted by molar-refractivity contribution is 6.47. The minimum atomic E-state index is -1.10. The van der Waals surface area contributed by atoms with E-state index < -0.39 is 7.12 Å². The van der Waals surface area contributed by atoms with Crippen LogP contribution in [0.2, 0.25) is 5.82 Å². The number of benzene rings is 1. The third-order valence-electron chi connectivity index (χ3n) is 4.96. The molecule has 134 valence electrons. The Labute approximate surface area is 151 Å². The van der Waals surface area contributed by atoms with E-state index in [1.54, 1.807) is 16.8 Å². The molecule has 1 aromatic heterocycles. The summed E-state index contributed by atoms with van der Waals surface area (Å²) < 4.78 is 7.26. The average Bonchev–Trinajstić information content (AvgIpc) is 3.16. The van der Waals surface area contributed by atoms with Crippen molar-refractivity contribution < 1.29 is 19.3 Å². The van der Waals surface area contributed by atoms with Crippen LogP contribution in [0.4, 0.5) is 0 Å². The number of aromatic nitrogens is 2. The summed E-state index contributed by atoms with van der Waals surface area (Å²) in [5.74, 6) is -0.00348. The molecule has 1 aromatic carbocycles. The zero-order valence-electron chi connectivity index (χ0n) is 14.6. The van der Waals surface area contributed by atoms with Crippen LogP contribution in [0.3, 0.4) is 0 Å². The van der Waals surface area contributed by atoms with Gasteiger partial charge in [-0.3, -0.25) is 14.3 Å². The van der Waals surface area contributed by atoms with Gasteiger partial charge in [-0.25, -0.2) is 0 Å². The SMILES string of the molecule is CC(=O)c1cccc2c1OB(O)[C@@H](CC(=O)Cn1cc3c(n1)CNC3)C2. The lowest BCUT2D eigenvalue weighted by Crippen LogP contribution is -2.36. The van der Waals surface area contributed by atoms with Crippen LogP contribution in [0.1, 0.15) is 40.5 Å². The third kappa shape index (κ3) is 3.18. The van der Waals surface area contributed by atoms with Crippen molar-refractivity contribution in [3.63, 3.8) is 0 Å². The third-order valence-corrected chi connectivity index (χ3v) is 4.96.